The third kappa shape index (κ3) is 7.20. The van der Waals surface area contributed by atoms with Crippen LogP contribution in [0.4, 0.5) is 36.7 Å². The number of aromatic nitrogens is 2. The zero-order chi connectivity index (χ0) is 32.5. The Morgan fingerprint density at radius 3 is 2.42 bits per heavy atom. The lowest BCUT2D eigenvalue weighted by atomic mass is 10.0. The van der Waals surface area contributed by atoms with Crippen LogP contribution in [0.25, 0.3) is 0 Å². The number of amides is 3. The number of nitrogens with zero attached hydrogens (tertiary/aromatic N) is 5. The van der Waals surface area contributed by atoms with Gasteiger partial charge in [0, 0.05) is 37.8 Å². The summed E-state index contributed by atoms with van der Waals surface area (Å²) in [6.07, 6.45) is 5.52. The zero-order valence-corrected chi connectivity index (χ0v) is 26.4. The molecule has 1 aromatic carbocycles. The Hall–Kier alpha value is -4.23. The van der Waals surface area contributed by atoms with Crippen molar-refractivity contribution < 1.29 is 32.6 Å². The van der Waals surface area contributed by atoms with E-state index in [0.29, 0.717) is 42.9 Å². The summed E-state index contributed by atoms with van der Waals surface area (Å²) in [5.74, 6) is -4.39. The number of carbonyl (C=O) groups excluding carboxylic acids is 3. The molecule has 2 aromatic rings. The van der Waals surface area contributed by atoms with E-state index in [2.05, 4.69) is 20.6 Å². The number of piperidine rings is 1. The van der Waals surface area contributed by atoms with Crippen LogP contribution in [0, 0.1) is 0 Å². The van der Waals surface area contributed by atoms with E-state index in [1.54, 1.807) is 28.0 Å². The van der Waals surface area contributed by atoms with Gasteiger partial charge in [0.05, 0.1) is 25.5 Å². The normalized spacial score (nSPS) is 19.2. The number of anilines is 4. The van der Waals surface area contributed by atoms with Crippen LogP contribution < -0.4 is 25.2 Å². The Balaban J connectivity index is 1.28. The fraction of sp³-hybridized carbons (Fsp3) is 0.581. The molecule has 45 heavy (non-hydrogen) atoms. The number of alkyl halides is 2. The first-order chi connectivity index (χ1) is 21.3. The van der Waals surface area contributed by atoms with Gasteiger partial charge in [0.2, 0.25) is 5.95 Å². The highest BCUT2D eigenvalue weighted by molar-refractivity contribution is 6.02. The van der Waals surface area contributed by atoms with E-state index in [9.17, 15) is 23.2 Å². The standard InChI is InChI=1S/C31H41F2N7O5/c1-30(2,3)45-29(43)39-14-12-20(13-15-39)35-26(41)19-10-11-22(24(16-19)44-5)36-28-34-17-23-25(37-28)40(21-8-6-7-9-21)18-31(32,33)27(42)38(23)4/h10-11,16-17,20-21H,6-9,12-15,18H2,1-5H3,(H,35,41)(H,34,36,37). The average Bonchev–Trinajstić information content (AvgIpc) is 3.51. The van der Waals surface area contributed by atoms with E-state index in [1.165, 1.54) is 20.4 Å². The molecule has 1 aliphatic carbocycles. The summed E-state index contributed by atoms with van der Waals surface area (Å²) < 4.78 is 40.8. The molecule has 0 atom stereocenters. The Morgan fingerprint density at radius 1 is 1.09 bits per heavy atom. The van der Waals surface area contributed by atoms with Gasteiger partial charge in [-0.2, -0.15) is 13.8 Å². The van der Waals surface area contributed by atoms with Crippen LogP contribution in [0.2, 0.25) is 0 Å². The number of methoxy groups -OCH3 is 1. The first-order valence-corrected chi connectivity index (χ1v) is 15.3. The van der Waals surface area contributed by atoms with Crippen LogP contribution in [0.3, 0.4) is 0 Å². The summed E-state index contributed by atoms with van der Waals surface area (Å²) >= 11 is 0. The molecular formula is C31H41F2N7O5. The van der Waals surface area contributed by atoms with Crippen molar-refractivity contribution in [2.45, 2.75) is 82.9 Å². The molecule has 1 saturated heterocycles. The van der Waals surface area contributed by atoms with Crippen molar-refractivity contribution in [3.63, 3.8) is 0 Å². The maximum Gasteiger partial charge on any atom is 0.410 e. The first kappa shape index (κ1) is 32.2. The minimum atomic E-state index is -3.57. The molecular weight excluding hydrogens is 588 g/mol. The molecule has 0 unspecified atom stereocenters. The van der Waals surface area contributed by atoms with E-state index < -0.39 is 24.0 Å². The number of halogens is 2. The summed E-state index contributed by atoms with van der Waals surface area (Å²) in [6, 6.07) is 4.63. The number of rotatable bonds is 6. The SMILES string of the molecule is COc1cc(C(=O)NC2CCN(C(=O)OC(C)(C)C)CC2)ccc1Nc1ncc2c(n1)N(C1CCCC1)CC(F)(F)C(=O)N2C. The highest BCUT2D eigenvalue weighted by atomic mass is 19.3. The molecule has 1 aromatic heterocycles. The topological polar surface area (TPSA) is 129 Å². The van der Waals surface area contributed by atoms with Gasteiger partial charge in [0.25, 0.3) is 11.8 Å². The van der Waals surface area contributed by atoms with Crippen LogP contribution in [0.1, 0.15) is 69.7 Å². The van der Waals surface area contributed by atoms with Gasteiger partial charge in [0.15, 0.2) is 5.82 Å². The van der Waals surface area contributed by atoms with E-state index >= 15 is 0 Å². The molecule has 2 N–H and O–H groups in total. The van der Waals surface area contributed by atoms with E-state index in [0.717, 1.165) is 30.6 Å². The van der Waals surface area contributed by atoms with E-state index in [4.69, 9.17) is 9.47 Å². The number of benzene rings is 1. The fourth-order valence-corrected chi connectivity index (χ4v) is 5.96. The Morgan fingerprint density at radius 2 is 1.78 bits per heavy atom. The summed E-state index contributed by atoms with van der Waals surface area (Å²) in [4.78, 5) is 51.0. The summed E-state index contributed by atoms with van der Waals surface area (Å²) in [5, 5.41) is 6.12. The van der Waals surface area contributed by atoms with Gasteiger partial charge in [-0.25, -0.2) is 9.78 Å². The molecule has 3 heterocycles. The Bertz CT molecular complexity index is 1440. The number of fused-ring (bicyclic) bond motifs is 1. The van der Waals surface area contributed by atoms with Crippen LogP contribution in [0.15, 0.2) is 24.4 Å². The Kier molecular flexibility index (Phi) is 9.04. The third-order valence-electron chi connectivity index (χ3n) is 8.33. The smallest absolute Gasteiger partial charge is 0.410 e. The molecule has 5 rings (SSSR count). The van der Waals surface area contributed by atoms with Crippen molar-refractivity contribution in [3.8, 4) is 5.75 Å². The first-order valence-electron chi connectivity index (χ1n) is 15.3. The predicted molar refractivity (Wildman–Crippen MR) is 165 cm³/mol. The van der Waals surface area contributed by atoms with Gasteiger partial charge >= 0.3 is 12.0 Å². The number of nitrogens with one attached hydrogen (secondary N) is 2. The molecule has 12 nitrogen and oxygen atoms in total. The van der Waals surface area contributed by atoms with Crippen LogP contribution in [-0.4, -0.2) is 90.2 Å². The fourth-order valence-electron chi connectivity index (χ4n) is 5.96. The van der Waals surface area contributed by atoms with Crippen molar-refractivity contribution in [1.82, 2.24) is 20.2 Å². The highest BCUT2D eigenvalue weighted by Crippen LogP contribution is 2.40. The Labute approximate surface area is 261 Å². The van der Waals surface area contributed by atoms with Gasteiger partial charge in [-0.05, 0) is 64.7 Å². The lowest BCUT2D eigenvalue weighted by molar-refractivity contribution is -0.140. The van der Waals surface area contributed by atoms with Gasteiger partial charge in [0.1, 0.15) is 17.0 Å². The van der Waals surface area contributed by atoms with Gasteiger partial charge in [-0.15, -0.1) is 0 Å². The molecule has 1 saturated carbocycles. The zero-order valence-electron chi connectivity index (χ0n) is 26.4. The lowest BCUT2D eigenvalue weighted by Crippen LogP contribution is -2.48. The second kappa shape index (κ2) is 12.6. The molecule has 0 bridgehead atoms. The highest BCUT2D eigenvalue weighted by Gasteiger charge is 2.48. The van der Waals surface area contributed by atoms with Gasteiger partial charge < -0.3 is 34.8 Å². The summed E-state index contributed by atoms with van der Waals surface area (Å²) in [7, 11) is 2.78. The molecule has 3 amide bonds. The summed E-state index contributed by atoms with van der Waals surface area (Å²) in [6.45, 7) is 5.68. The van der Waals surface area contributed by atoms with Crippen molar-refractivity contribution in [2.24, 2.45) is 0 Å². The minimum absolute atomic E-state index is 0.104. The number of hydrogen-bond donors (Lipinski definition) is 2. The molecule has 244 valence electrons. The number of likely N-dealkylation sites (tertiary alicyclic amines) is 1. The number of carbonyl (C=O) groups is 3. The van der Waals surface area contributed by atoms with Crippen LogP contribution in [-0.2, 0) is 9.53 Å². The summed E-state index contributed by atoms with van der Waals surface area (Å²) in [5.41, 5.74) is 0.490. The second-order valence-corrected chi connectivity index (χ2v) is 12.8. The predicted octanol–water partition coefficient (Wildman–Crippen LogP) is 4.72. The van der Waals surface area contributed by atoms with Gasteiger partial charge in [-0.3, -0.25) is 9.59 Å². The molecule has 3 aliphatic rings. The second-order valence-electron chi connectivity index (χ2n) is 12.8. The minimum Gasteiger partial charge on any atom is -0.495 e. The maximum atomic E-state index is 14.9. The maximum absolute atomic E-state index is 14.9. The van der Waals surface area contributed by atoms with Crippen LogP contribution >= 0.6 is 0 Å². The number of ether oxygens (including phenoxy) is 2. The van der Waals surface area contributed by atoms with Crippen LogP contribution in [0.5, 0.6) is 5.75 Å². The monoisotopic (exact) mass is 629 g/mol. The van der Waals surface area contributed by atoms with Crippen molar-refractivity contribution in [2.75, 3.05) is 48.9 Å². The molecule has 0 radical (unpaired) electrons. The van der Waals surface area contributed by atoms with Crippen molar-refractivity contribution in [3.05, 3.63) is 30.0 Å². The molecule has 0 spiro atoms. The molecule has 14 heteroatoms. The molecule has 2 aliphatic heterocycles. The van der Waals surface area contributed by atoms with E-state index in [1.807, 2.05) is 20.8 Å². The largest absolute Gasteiger partial charge is 0.495 e. The third-order valence-corrected chi connectivity index (χ3v) is 8.33. The molecule has 2 fully saturated rings. The number of hydrogen-bond acceptors (Lipinski definition) is 9. The van der Waals surface area contributed by atoms with Crippen molar-refractivity contribution in [1.29, 1.82) is 0 Å². The lowest BCUT2D eigenvalue weighted by Gasteiger charge is -2.33. The van der Waals surface area contributed by atoms with E-state index in [-0.39, 0.29) is 41.5 Å². The van der Waals surface area contributed by atoms with Crippen molar-refractivity contribution >= 4 is 41.0 Å². The quantitative estimate of drug-likeness (QED) is 0.467. The average molecular weight is 630 g/mol. The van der Waals surface area contributed by atoms with Gasteiger partial charge in [-0.1, -0.05) is 12.8 Å².